The summed E-state index contributed by atoms with van der Waals surface area (Å²) >= 11 is 18.0. The molecule has 0 atom stereocenters. The van der Waals surface area contributed by atoms with Gasteiger partial charge in [0.2, 0.25) is 0 Å². The van der Waals surface area contributed by atoms with E-state index in [1.54, 1.807) is 6.07 Å². The third-order valence-corrected chi connectivity index (χ3v) is 5.59. The minimum Gasteiger partial charge on any atom is -0.489 e. The van der Waals surface area contributed by atoms with Gasteiger partial charge in [-0.25, -0.2) is 4.98 Å². The standard InChI is InChI=1S/C24H21Cl3N2O2/c1-24(2,18-12-16(14-28)23(21(26)13-18)30-11-10-25)17-6-8-20(9-7-17)31-15-19-4-3-5-22(27)29-19/h3-9,12-13H,10-11,15H2,1-2H3. The van der Waals surface area contributed by atoms with Crippen LogP contribution in [0.3, 0.4) is 0 Å². The van der Waals surface area contributed by atoms with Gasteiger partial charge in [-0.3, -0.25) is 0 Å². The molecule has 7 heteroatoms. The van der Waals surface area contributed by atoms with Crippen molar-refractivity contribution < 1.29 is 9.47 Å². The van der Waals surface area contributed by atoms with Crippen LogP contribution in [0.25, 0.3) is 0 Å². The van der Waals surface area contributed by atoms with E-state index in [-0.39, 0.29) is 6.61 Å². The second kappa shape index (κ2) is 10.2. The zero-order valence-corrected chi connectivity index (χ0v) is 19.4. The van der Waals surface area contributed by atoms with E-state index in [0.717, 1.165) is 22.6 Å². The van der Waals surface area contributed by atoms with Gasteiger partial charge in [-0.1, -0.05) is 55.2 Å². The Kier molecular flexibility index (Phi) is 7.67. The molecular weight excluding hydrogens is 455 g/mol. The zero-order chi connectivity index (χ0) is 22.4. The molecule has 2 aromatic carbocycles. The number of alkyl halides is 1. The monoisotopic (exact) mass is 474 g/mol. The second-order valence-corrected chi connectivity index (χ2v) is 8.55. The first kappa shape index (κ1) is 23.2. The SMILES string of the molecule is CC(C)(c1ccc(OCc2cccc(Cl)n2)cc1)c1cc(Cl)c(OCCCl)c(C#N)c1. The van der Waals surface area contributed by atoms with Gasteiger partial charge in [0.05, 0.1) is 22.2 Å². The first-order valence-electron chi connectivity index (χ1n) is 9.63. The smallest absolute Gasteiger partial charge is 0.155 e. The number of halogens is 3. The van der Waals surface area contributed by atoms with Crippen LogP contribution >= 0.6 is 34.8 Å². The normalized spacial score (nSPS) is 11.1. The summed E-state index contributed by atoms with van der Waals surface area (Å²) in [7, 11) is 0. The van der Waals surface area contributed by atoms with Crippen molar-refractivity contribution in [3.63, 3.8) is 0 Å². The molecule has 0 aliphatic carbocycles. The Balaban J connectivity index is 1.80. The Morgan fingerprint density at radius 3 is 2.39 bits per heavy atom. The van der Waals surface area contributed by atoms with Gasteiger partial charge in [-0.2, -0.15) is 5.26 Å². The van der Waals surface area contributed by atoms with Gasteiger partial charge in [0.15, 0.2) is 5.75 Å². The van der Waals surface area contributed by atoms with Crippen LogP contribution in [0, 0.1) is 11.3 Å². The van der Waals surface area contributed by atoms with Crippen LogP contribution in [0.15, 0.2) is 54.6 Å². The molecule has 31 heavy (non-hydrogen) atoms. The highest BCUT2D eigenvalue weighted by Crippen LogP contribution is 2.38. The molecule has 0 aliphatic heterocycles. The van der Waals surface area contributed by atoms with E-state index < -0.39 is 5.41 Å². The van der Waals surface area contributed by atoms with E-state index in [0.29, 0.717) is 34.0 Å². The summed E-state index contributed by atoms with van der Waals surface area (Å²) in [5, 5.41) is 10.4. The maximum Gasteiger partial charge on any atom is 0.155 e. The molecule has 1 heterocycles. The summed E-state index contributed by atoms with van der Waals surface area (Å²) in [6.45, 7) is 4.76. The van der Waals surface area contributed by atoms with Crippen molar-refractivity contribution in [3.8, 4) is 17.6 Å². The fourth-order valence-corrected chi connectivity index (χ4v) is 3.68. The maximum atomic E-state index is 9.56. The van der Waals surface area contributed by atoms with Crippen LogP contribution in [-0.4, -0.2) is 17.5 Å². The number of nitriles is 1. The van der Waals surface area contributed by atoms with Crippen LogP contribution in [0.2, 0.25) is 10.2 Å². The largest absolute Gasteiger partial charge is 0.489 e. The molecule has 3 rings (SSSR count). The number of nitrogens with zero attached hydrogens (tertiary/aromatic N) is 2. The van der Waals surface area contributed by atoms with Crippen molar-refractivity contribution >= 4 is 34.8 Å². The summed E-state index contributed by atoms with van der Waals surface area (Å²) in [6.07, 6.45) is 0. The van der Waals surface area contributed by atoms with Gasteiger partial charge in [0.25, 0.3) is 0 Å². The number of rotatable bonds is 8. The fraction of sp³-hybridized carbons (Fsp3) is 0.250. The molecule has 0 radical (unpaired) electrons. The van der Waals surface area contributed by atoms with E-state index in [1.165, 1.54) is 0 Å². The second-order valence-electron chi connectivity index (χ2n) is 7.37. The lowest BCUT2D eigenvalue weighted by atomic mass is 9.77. The molecule has 0 spiro atoms. The highest BCUT2D eigenvalue weighted by atomic mass is 35.5. The summed E-state index contributed by atoms with van der Waals surface area (Å²) in [4.78, 5) is 4.22. The van der Waals surface area contributed by atoms with Gasteiger partial charge in [-0.05, 0) is 47.5 Å². The highest BCUT2D eigenvalue weighted by molar-refractivity contribution is 6.32. The summed E-state index contributed by atoms with van der Waals surface area (Å²) in [6, 6.07) is 19.1. The molecule has 0 unspecified atom stereocenters. The Hall–Kier alpha value is -2.45. The van der Waals surface area contributed by atoms with E-state index in [9.17, 15) is 5.26 Å². The van der Waals surface area contributed by atoms with Crippen molar-refractivity contribution in [2.24, 2.45) is 0 Å². The summed E-state index contributed by atoms with van der Waals surface area (Å²) in [5.41, 5.74) is 2.70. The number of hydrogen-bond donors (Lipinski definition) is 0. The van der Waals surface area contributed by atoms with E-state index in [1.807, 2.05) is 48.5 Å². The molecule has 0 fully saturated rings. The Morgan fingerprint density at radius 1 is 1.00 bits per heavy atom. The van der Waals surface area contributed by atoms with Crippen LogP contribution in [0.4, 0.5) is 0 Å². The van der Waals surface area contributed by atoms with Crippen molar-refractivity contribution in [2.45, 2.75) is 25.9 Å². The van der Waals surface area contributed by atoms with Crippen LogP contribution < -0.4 is 9.47 Å². The fourth-order valence-electron chi connectivity index (χ4n) is 3.15. The predicted molar refractivity (Wildman–Crippen MR) is 125 cm³/mol. The number of pyridine rings is 1. The quantitative estimate of drug-likeness (QED) is 0.266. The Morgan fingerprint density at radius 2 is 1.74 bits per heavy atom. The number of hydrogen-bond acceptors (Lipinski definition) is 4. The summed E-state index contributed by atoms with van der Waals surface area (Å²) < 4.78 is 11.4. The van der Waals surface area contributed by atoms with Gasteiger partial charge in [-0.15, -0.1) is 11.6 Å². The molecular formula is C24H21Cl3N2O2. The molecule has 3 aromatic rings. The van der Waals surface area contributed by atoms with Crippen LogP contribution in [0.5, 0.6) is 11.5 Å². The average molecular weight is 476 g/mol. The van der Waals surface area contributed by atoms with Gasteiger partial charge in [0, 0.05) is 5.41 Å². The Labute approximate surface area is 197 Å². The molecule has 0 N–H and O–H groups in total. The Bertz CT molecular complexity index is 1090. The lowest BCUT2D eigenvalue weighted by Gasteiger charge is -2.27. The highest BCUT2D eigenvalue weighted by Gasteiger charge is 2.26. The molecule has 0 aliphatic rings. The molecule has 0 saturated heterocycles. The topological polar surface area (TPSA) is 55.1 Å². The van der Waals surface area contributed by atoms with Crippen molar-refractivity contribution in [2.75, 3.05) is 12.5 Å². The third-order valence-electron chi connectivity index (χ3n) is 4.94. The molecule has 0 saturated carbocycles. The third kappa shape index (κ3) is 5.62. The van der Waals surface area contributed by atoms with Crippen LogP contribution in [-0.2, 0) is 12.0 Å². The van der Waals surface area contributed by atoms with Gasteiger partial charge in [0.1, 0.15) is 30.2 Å². The molecule has 160 valence electrons. The molecule has 1 aromatic heterocycles. The number of ether oxygens (including phenoxy) is 2. The molecule has 0 amide bonds. The van der Waals surface area contributed by atoms with Crippen LogP contribution in [0.1, 0.15) is 36.2 Å². The van der Waals surface area contributed by atoms with E-state index >= 15 is 0 Å². The first-order valence-corrected chi connectivity index (χ1v) is 10.9. The lowest BCUT2D eigenvalue weighted by Crippen LogP contribution is -2.19. The average Bonchev–Trinajstić information content (AvgIpc) is 2.76. The number of aromatic nitrogens is 1. The summed E-state index contributed by atoms with van der Waals surface area (Å²) in [5.74, 6) is 1.40. The predicted octanol–water partition coefficient (Wildman–Crippen LogP) is 6.78. The first-order chi connectivity index (χ1) is 14.8. The van der Waals surface area contributed by atoms with E-state index in [2.05, 4.69) is 24.9 Å². The minimum atomic E-state index is -0.396. The zero-order valence-electron chi connectivity index (χ0n) is 17.2. The minimum absolute atomic E-state index is 0.283. The molecule has 4 nitrogen and oxygen atoms in total. The van der Waals surface area contributed by atoms with Crippen molar-refractivity contribution in [1.29, 1.82) is 5.26 Å². The van der Waals surface area contributed by atoms with Gasteiger partial charge < -0.3 is 9.47 Å². The lowest BCUT2D eigenvalue weighted by molar-refractivity contribution is 0.301. The van der Waals surface area contributed by atoms with Crippen molar-refractivity contribution in [1.82, 2.24) is 4.98 Å². The van der Waals surface area contributed by atoms with Gasteiger partial charge >= 0.3 is 0 Å². The van der Waals surface area contributed by atoms with E-state index in [4.69, 9.17) is 44.3 Å². The maximum absolute atomic E-state index is 9.56. The molecule has 0 bridgehead atoms. The van der Waals surface area contributed by atoms with Crippen molar-refractivity contribution in [3.05, 3.63) is 87.2 Å². The number of benzene rings is 2.